The highest BCUT2D eigenvalue weighted by Crippen LogP contribution is 2.09. The molecule has 0 aliphatic heterocycles. The van der Waals surface area contributed by atoms with E-state index < -0.39 is 5.83 Å². The summed E-state index contributed by atoms with van der Waals surface area (Å²) in [4.78, 5) is 0. The summed E-state index contributed by atoms with van der Waals surface area (Å²) in [6.07, 6.45) is 3.83. The number of nitriles is 1. The second-order valence-electron chi connectivity index (χ2n) is 1.36. The van der Waals surface area contributed by atoms with E-state index in [9.17, 15) is 4.39 Å². The third-order valence-corrected chi connectivity index (χ3v) is 0.692. The van der Waals surface area contributed by atoms with Crippen LogP contribution in [0, 0.1) is 11.5 Å². The van der Waals surface area contributed by atoms with Crippen LogP contribution in [-0.2, 0) is 4.74 Å². The molecule has 0 N–H and O–H groups in total. The molecule has 0 heterocycles. The Morgan fingerprint density at radius 2 is 2.30 bits per heavy atom. The molecule has 0 bridgehead atoms. The molecule has 0 rings (SSSR count). The lowest BCUT2D eigenvalue weighted by Gasteiger charge is -1.94. The zero-order valence-electron chi connectivity index (χ0n) is 5.30. The van der Waals surface area contributed by atoms with Crippen molar-refractivity contribution in [3.8, 4) is 6.26 Å². The van der Waals surface area contributed by atoms with E-state index in [1.165, 1.54) is 18.4 Å². The van der Waals surface area contributed by atoms with Gasteiger partial charge in [0.1, 0.15) is 0 Å². The van der Waals surface area contributed by atoms with Gasteiger partial charge < -0.3 is 4.74 Å². The van der Waals surface area contributed by atoms with Crippen molar-refractivity contribution in [1.82, 2.24) is 0 Å². The van der Waals surface area contributed by atoms with Gasteiger partial charge >= 0.3 is 0 Å². The predicted molar refractivity (Wildman–Crippen MR) is 35.2 cm³/mol. The van der Waals surface area contributed by atoms with Crippen LogP contribution in [0.3, 0.4) is 0 Å². The van der Waals surface area contributed by atoms with Crippen molar-refractivity contribution in [1.29, 1.82) is 5.26 Å². The molecule has 0 aromatic carbocycles. The number of nitrogens with zero attached hydrogens (tertiary/aromatic N) is 1. The molecule has 3 heteroatoms. The zero-order valence-corrected chi connectivity index (χ0v) is 5.30. The lowest BCUT2D eigenvalue weighted by atomic mass is 10.4. The molecule has 2 nitrogen and oxygen atoms in total. The summed E-state index contributed by atoms with van der Waals surface area (Å²) in [5.41, 5.74) is 0. The molecule has 0 aromatic heterocycles. The Morgan fingerprint density at radius 3 is 2.60 bits per heavy atom. The van der Waals surface area contributed by atoms with Crippen LogP contribution in [0.15, 0.2) is 36.9 Å². The van der Waals surface area contributed by atoms with Gasteiger partial charge in [0.25, 0.3) is 6.26 Å². The minimum atomic E-state index is -0.790. The fourth-order valence-corrected chi connectivity index (χ4v) is 0.336. The molecule has 0 saturated carbocycles. The number of hydrogen-bond donors (Lipinski definition) is 0. The smallest absolute Gasteiger partial charge is 0.292 e. The Morgan fingerprint density at radius 1 is 1.70 bits per heavy atom. The van der Waals surface area contributed by atoms with Crippen LogP contribution in [0.5, 0.6) is 0 Å². The minimum Gasteiger partial charge on any atom is -0.385 e. The molecule has 0 aromatic rings. The van der Waals surface area contributed by atoms with Crippen molar-refractivity contribution >= 4 is 0 Å². The molecule has 10 heavy (non-hydrogen) atoms. The van der Waals surface area contributed by atoms with Crippen molar-refractivity contribution in [2.45, 2.75) is 0 Å². The Kier molecular flexibility index (Phi) is 3.66. The van der Waals surface area contributed by atoms with Crippen LogP contribution < -0.4 is 0 Å². The Balaban J connectivity index is 4.29. The number of ether oxygens (including phenoxy) is 1. The molecule has 0 atom stereocenters. The normalized spacial score (nSPS) is 9.80. The fraction of sp³-hybridized carbons (Fsp3) is 0. The summed E-state index contributed by atoms with van der Waals surface area (Å²) in [6.45, 7) is 6.23. The van der Waals surface area contributed by atoms with E-state index in [1.54, 1.807) is 0 Å². The number of hydrogen-bond acceptors (Lipinski definition) is 2. The maximum absolute atomic E-state index is 12.2. The maximum Gasteiger partial charge on any atom is 0.292 e. The van der Waals surface area contributed by atoms with Gasteiger partial charge in [0.05, 0.1) is 0 Å². The quantitative estimate of drug-likeness (QED) is 0.340. The van der Waals surface area contributed by atoms with Crippen molar-refractivity contribution in [3.63, 3.8) is 0 Å². The second-order valence-corrected chi connectivity index (χ2v) is 1.36. The van der Waals surface area contributed by atoms with Crippen molar-refractivity contribution in [2.24, 2.45) is 0 Å². The summed E-state index contributed by atoms with van der Waals surface area (Å²) < 4.78 is 16.3. The van der Waals surface area contributed by atoms with Gasteiger partial charge in [-0.25, -0.2) is 4.39 Å². The molecule has 0 amide bonds. The number of allylic oxidation sites excluding steroid dienone is 3. The van der Waals surface area contributed by atoms with Gasteiger partial charge in [-0.3, -0.25) is 0 Å². The van der Waals surface area contributed by atoms with Crippen LogP contribution in [-0.4, -0.2) is 0 Å². The predicted octanol–water partition coefficient (Wildman–Crippen LogP) is 2.04. The molecule has 0 saturated heterocycles. The molecule has 0 spiro atoms. The van der Waals surface area contributed by atoms with Gasteiger partial charge in [-0.1, -0.05) is 19.2 Å². The first kappa shape index (κ1) is 8.44. The van der Waals surface area contributed by atoms with E-state index in [-0.39, 0.29) is 5.76 Å². The van der Waals surface area contributed by atoms with Gasteiger partial charge in [-0.2, -0.15) is 0 Å². The monoisotopic (exact) mass is 139 g/mol. The van der Waals surface area contributed by atoms with Gasteiger partial charge in [-0.15, -0.1) is 5.26 Å². The SMILES string of the molecule is C=C/C=C(/OC#N)C(=C)F. The summed E-state index contributed by atoms with van der Waals surface area (Å²) in [6, 6.07) is 0. The van der Waals surface area contributed by atoms with E-state index in [1.807, 2.05) is 0 Å². The largest absolute Gasteiger partial charge is 0.385 e. The summed E-state index contributed by atoms with van der Waals surface area (Å²) in [7, 11) is 0. The lowest BCUT2D eigenvalue weighted by molar-refractivity contribution is 0.360. The molecule has 0 aliphatic rings. The highest BCUT2D eigenvalue weighted by Gasteiger charge is 1.99. The Labute approximate surface area is 58.5 Å². The standard InChI is InChI=1S/C7H6FNO/c1-3-4-7(6(2)8)10-5-9/h3-4H,1-2H2/b7-4+. The van der Waals surface area contributed by atoms with Crippen molar-refractivity contribution in [2.75, 3.05) is 0 Å². The highest BCUT2D eigenvalue weighted by atomic mass is 19.1. The van der Waals surface area contributed by atoms with Crippen LogP contribution in [0.1, 0.15) is 0 Å². The summed E-state index contributed by atoms with van der Waals surface area (Å²) in [5.74, 6) is -1.00. The average Bonchev–Trinajstić information content (AvgIpc) is 1.87. The van der Waals surface area contributed by atoms with Gasteiger partial charge in [0.2, 0.25) is 0 Å². The van der Waals surface area contributed by atoms with Gasteiger partial charge in [0.15, 0.2) is 11.6 Å². The van der Waals surface area contributed by atoms with E-state index in [0.29, 0.717) is 0 Å². The molecule has 0 aliphatic carbocycles. The first-order valence-corrected chi connectivity index (χ1v) is 2.45. The summed E-state index contributed by atoms with van der Waals surface area (Å²) in [5, 5.41) is 7.96. The first-order chi connectivity index (χ1) is 4.72. The molecule has 0 fully saturated rings. The lowest BCUT2D eigenvalue weighted by Crippen LogP contribution is -1.83. The van der Waals surface area contributed by atoms with Crippen LogP contribution in [0.2, 0.25) is 0 Å². The second kappa shape index (κ2) is 4.33. The fourth-order valence-electron chi connectivity index (χ4n) is 0.336. The Bertz CT molecular complexity index is 212. The van der Waals surface area contributed by atoms with E-state index in [0.717, 1.165) is 0 Å². The molecule has 0 radical (unpaired) electrons. The van der Waals surface area contributed by atoms with Crippen LogP contribution in [0.25, 0.3) is 0 Å². The van der Waals surface area contributed by atoms with E-state index in [4.69, 9.17) is 5.26 Å². The third-order valence-electron chi connectivity index (χ3n) is 0.692. The van der Waals surface area contributed by atoms with E-state index >= 15 is 0 Å². The van der Waals surface area contributed by atoms with Gasteiger partial charge in [0, 0.05) is 0 Å². The highest BCUT2D eigenvalue weighted by molar-refractivity contribution is 5.21. The van der Waals surface area contributed by atoms with Crippen molar-refractivity contribution in [3.05, 3.63) is 36.9 Å². The first-order valence-electron chi connectivity index (χ1n) is 2.45. The van der Waals surface area contributed by atoms with Crippen LogP contribution in [0.4, 0.5) is 4.39 Å². The average molecular weight is 139 g/mol. The van der Waals surface area contributed by atoms with Crippen LogP contribution >= 0.6 is 0 Å². The molecule has 52 valence electrons. The Hall–Kier alpha value is -1.56. The minimum absolute atomic E-state index is 0.211. The summed E-state index contributed by atoms with van der Waals surface area (Å²) >= 11 is 0. The van der Waals surface area contributed by atoms with Crippen molar-refractivity contribution < 1.29 is 9.13 Å². The number of halogens is 1. The van der Waals surface area contributed by atoms with Gasteiger partial charge in [-0.05, 0) is 6.08 Å². The zero-order chi connectivity index (χ0) is 7.98. The molecule has 0 unspecified atom stereocenters. The van der Waals surface area contributed by atoms with E-state index in [2.05, 4.69) is 17.9 Å². The molecular weight excluding hydrogens is 133 g/mol. The molecular formula is C7H6FNO. The maximum atomic E-state index is 12.2. The number of rotatable bonds is 3. The topological polar surface area (TPSA) is 33.0 Å². The third kappa shape index (κ3) is 2.68.